The van der Waals surface area contributed by atoms with Gasteiger partial charge in [-0.3, -0.25) is 0 Å². The van der Waals surface area contributed by atoms with Crippen molar-refractivity contribution in [2.24, 2.45) is 0 Å². The van der Waals surface area contributed by atoms with Gasteiger partial charge in [-0.1, -0.05) is 182 Å². The van der Waals surface area contributed by atoms with Crippen molar-refractivity contribution in [3.63, 3.8) is 0 Å². The smallest absolute Gasteiger partial charge is 0.0468 e. The summed E-state index contributed by atoms with van der Waals surface area (Å²) in [7, 11) is 0. The summed E-state index contributed by atoms with van der Waals surface area (Å²) in [6.45, 7) is 2.40. The summed E-state index contributed by atoms with van der Waals surface area (Å²) in [5, 5.41) is 7.42. The fraction of sp³-hybridized carbons (Fsp3) is 0.0357. The Bertz CT molecular complexity index is 3130. The van der Waals surface area contributed by atoms with Crippen LogP contribution >= 0.6 is 0 Å². The van der Waals surface area contributed by atoms with Gasteiger partial charge in [0, 0.05) is 22.5 Å². The van der Waals surface area contributed by atoms with Gasteiger partial charge < -0.3 is 4.90 Å². The van der Waals surface area contributed by atoms with Crippen molar-refractivity contribution in [3.05, 3.63) is 235 Å². The highest BCUT2D eigenvalue weighted by Gasteiger charge is 2.41. The van der Waals surface area contributed by atoms with E-state index in [1.165, 1.54) is 82.4 Å². The lowest BCUT2D eigenvalue weighted by atomic mass is 9.74. The van der Waals surface area contributed by atoms with Gasteiger partial charge in [-0.25, -0.2) is 0 Å². The molecule has 0 radical (unpaired) electrons. The standard InChI is InChI=1S/C56H39N/c1-56(42-23-9-4-10-24-42)52-28-16-15-26-48(52)49-34-32-45(37-53(49)56)57(43-30-29-38-17-11-12-22-41(38)35-43)44-31-33-47-46-25-13-14-27-50(46)54(39-18-5-2-6-19-39)55(51(47)36-44)40-20-7-3-8-21-40/h2-37H,1H3. The van der Waals surface area contributed by atoms with Gasteiger partial charge in [-0.2, -0.15) is 0 Å². The number of nitrogens with zero attached hydrogens (tertiary/aromatic N) is 1. The Morgan fingerprint density at radius 3 is 1.60 bits per heavy atom. The highest BCUT2D eigenvalue weighted by Crippen LogP contribution is 2.54. The molecule has 0 amide bonds. The predicted molar refractivity (Wildman–Crippen MR) is 242 cm³/mol. The molecule has 0 aliphatic heterocycles. The molecule has 0 heterocycles. The number of hydrogen-bond acceptors (Lipinski definition) is 1. The summed E-state index contributed by atoms with van der Waals surface area (Å²) in [5.74, 6) is 0. The molecule has 1 heteroatoms. The fourth-order valence-corrected chi connectivity index (χ4v) is 9.59. The zero-order valence-electron chi connectivity index (χ0n) is 31.7. The maximum Gasteiger partial charge on any atom is 0.0468 e. The van der Waals surface area contributed by atoms with E-state index in [0.717, 1.165) is 17.1 Å². The van der Waals surface area contributed by atoms with Crippen LogP contribution in [-0.2, 0) is 5.41 Å². The molecule has 1 aliphatic carbocycles. The third-order valence-electron chi connectivity index (χ3n) is 12.3. The maximum atomic E-state index is 2.46. The van der Waals surface area contributed by atoms with Crippen molar-refractivity contribution >= 4 is 49.4 Å². The molecule has 10 aromatic carbocycles. The Labute approximate surface area is 333 Å². The molecule has 0 N–H and O–H groups in total. The van der Waals surface area contributed by atoms with Gasteiger partial charge in [0.25, 0.3) is 0 Å². The molecule has 0 bridgehead atoms. The molecule has 1 unspecified atom stereocenters. The minimum atomic E-state index is -0.314. The number of rotatable bonds is 6. The molecular weight excluding hydrogens is 687 g/mol. The van der Waals surface area contributed by atoms with Crippen LogP contribution in [0.25, 0.3) is 65.7 Å². The molecular formula is C56H39N. The number of anilines is 3. The predicted octanol–water partition coefficient (Wildman–Crippen LogP) is 15.3. The van der Waals surface area contributed by atoms with Gasteiger partial charge in [-0.05, 0) is 126 Å². The van der Waals surface area contributed by atoms with Crippen LogP contribution in [-0.4, -0.2) is 0 Å². The van der Waals surface area contributed by atoms with Gasteiger partial charge in [0.2, 0.25) is 0 Å². The van der Waals surface area contributed by atoms with Gasteiger partial charge in [-0.15, -0.1) is 0 Å². The minimum absolute atomic E-state index is 0.314. The summed E-state index contributed by atoms with van der Waals surface area (Å²) in [5.41, 5.74) is 14.5. The van der Waals surface area contributed by atoms with Gasteiger partial charge in [0.1, 0.15) is 0 Å². The first kappa shape index (κ1) is 33.1. The van der Waals surface area contributed by atoms with Crippen molar-refractivity contribution in [2.45, 2.75) is 12.3 Å². The molecule has 268 valence electrons. The van der Waals surface area contributed by atoms with E-state index in [1.807, 2.05) is 0 Å². The van der Waals surface area contributed by atoms with E-state index in [2.05, 4.69) is 230 Å². The minimum Gasteiger partial charge on any atom is -0.310 e. The highest BCUT2D eigenvalue weighted by atomic mass is 15.1. The molecule has 10 aromatic rings. The summed E-state index contributed by atoms with van der Waals surface area (Å²) >= 11 is 0. The van der Waals surface area contributed by atoms with Crippen molar-refractivity contribution < 1.29 is 0 Å². The quantitative estimate of drug-likeness (QED) is 0.154. The lowest BCUT2D eigenvalue weighted by Crippen LogP contribution is -2.22. The van der Waals surface area contributed by atoms with Gasteiger partial charge in [0.05, 0.1) is 0 Å². The summed E-state index contributed by atoms with van der Waals surface area (Å²) in [6, 6.07) is 80.4. The van der Waals surface area contributed by atoms with Crippen LogP contribution in [0, 0.1) is 0 Å². The Kier molecular flexibility index (Phi) is 7.69. The van der Waals surface area contributed by atoms with Crippen LogP contribution in [0.3, 0.4) is 0 Å². The number of fused-ring (bicyclic) bond motifs is 7. The largest absolute Gasteiger partial charge is 0.310 e. The average Bonchev–Trinajstić information content (AvgIpc) is 3.54. The van der Waals surface area contributed by atoms with E-state index in [-0.39, 0.29) is 5.41 Å². The van der Waals surface area contributed by atoms with E-state index in [9.17, 15) is 0 Å². The Balaban J connectivity index is 1.21. The van der Waals surface area contributed by atoms with E-state index in [4.69, 9.17) is 0 Å². The zero-order chi connectivity index (χ0) is 37.9. The van der Waals surface area contributed by atoms with Crippen LogP contribution in [0.15, 0.2) is 218 Å². The molecule has 0 saturated heterocycles. The second-order valence-corrected chi connectivity index (χ2v) is 15.4. The summed E-state index contributed by atoms with van der Waals surface area (Å²) < 4.78 is 0. The number of benzene rings is 10. The maximum absolute atomic E-state index is 2.46. The van der Waals surface area contributed by atoms with Gasteiger partial charge >= 0.3 is 0 Å². The highest BCUT2D eigenvalue weighted by molar-refractivity contribution is 6.22. The Morgan fingerprint density at radius 1 is 0.333 bits per heavy atom. The molecule has 1 atom stereocenters. The fourth-order valence-electron chi connectivity index (χ4n) is 9.59. The summed E-state index contributed by atoms with van der Waals surface area (Å²) in [6.07, 6.45) is 0. The van der Waals surface area contributed by atoms with Crippen LogP contribution in [0.5, 0.6) is 0 Å². The van der Waals surface area contributed by atoms with Crippen LogP contribution in [0.2, 0.25) is 0 Å². The Morgan fingerprint density at radius 2 is 0.842 bits per heavy atom. The first-order valence-electron chi connectivity index (χ1n) is 19.8. The molecule has 57 heavy (non-hydrogen) atoms. The van der Waals surface area contributed by atoms with Crippen LogP contribution in [0.4, 0.5) is 17.1 Å². The van der Waals surface area contributed by atoms with E-state index >= 15 is 0 Å². The number of hydrogen-bond donors (Lipinski definition) is 0. The molecule has 0 saturated carbocycles. The molecule has 11 rings (SSSR count). The third-order valence-corrected chi connectivity index (χ3v) is 12.3. The monoisotopic (exact) mass is 725 g/mol. The average molecular weight is 726 g/mol. The van der Waals surface area contributed by atoms with Crippen molar-refractivity contribution in [1.29, 1.82) is 0 Å². The van der Waals surface area contributed by atoms with Crippen molar-refractivity contribution in [3.8, 4) is 33.4 Å². The lowest BCUT2D eigenvalue weighted by Gasteiger charge is -2.31. The van der Waals surface area contributed by atoms with Crippen LogP contribution in [0.1, 0.15) is 23.6 Å². The van der Waals surface area contributed by atoms with Gasteiger partial charge in [0.15, 0.2) is 0 Å². The molecule has 1 aliphatic rings. The second kappa shape index (κ2) is 13.2. The Hall–Kier alpha value is -7.22. The van der Waals surface area contributed by atoms with E-state index in [1.54, 1.807) is 0 Å². The molecule has 0 aromatic heterocycles. The zero-order valence-corrected chi connectivity index (χ0v) is 31.7. The van der Waals surface area contributed by atoms with Crippen molar-refractivity contribution in [1.82, 2.24) is 0 Å². The first-order valence-corrected chi connectivity index (χ1v) is 19.8. The molecule has 0 spiro atoms. The SMILES string of the molecule is CC1(c2ccccc2)c2ccccc2-c2ccc(N(c3ccc4ccccc4c3)c3ccc4c(c3)c(-c3ccccc3)c(-c3ccccc3)c3ccccc34)cc21. The second-order valence-electron chi connectivity index (χ2n) is 15.4. The van der Waals surface area contributed by atoms with E-state index < -0.39 is 0 Å². The normalized spacial score (nSPS) is 14.5. The van der Waals surface area contributed by atoms with Crippen LogP contribution < -0.4 is 4.90 Å². The third kappa shape index (κ3) is 5.24. The first-order chi connectivity index (χ1) is 28.2. The molecule has 0 fully saturated rings. The lowest BCUT2D eigenvalue weighted by molar-refractivity contribution is 0.714. The topological polar surface area (TPSA) is 3.24 Å². The van der Waals surface area contributed by atoms with Crippen molar-refractivity contribution in [2.75, 3.05) is 4.90 Å². The molecule has 1 nitrogen and oxygen atoms in total. The summed E-state index contributed by atoms with van der Waals surface area (Å²) in [4.78, 5) is 2.46. The van der Waals surface area contributed by atoms with E-state index in [0.29, 0.717) is 0 Å².